The molecule has 4 aromatic rings. The van der Waals surface area contributed by atoms with Crippen molar-refractivity contribution in [2.24, 2.45) is 0 Å². The van der Waals surface area contributed by atoms with Crippen LogP contribution in [0.2, 0.25) is 0 Å². The van der Waals surface area contributed by atoms with Gasteiger partial charge in [-0.15, -0.1) is 5.10 Å². The van der Waals surface area contributed by atoms with Gasteiger partial charge in [-0.3, -0.25) is 4.90 Å². The lowest BCUT2D eigenvalue weighted by Gasteiger charge is -2.40. The summed E-state index contributed by atoms with van der Waals surface area (Å²) < 4.78 is 32.2. The van der Waals surface area contributed by atoms with Gasteiger partial charge in [-0.1, -0.05) is 0 Å². The largest absolute Gasteiger partial charge is 0.496 e. The molecule has 2 saturated heterocycles. The molecular formula is C29H33FN6O3. The Bertz CT molecular complexity index is 1450. The van der Waals surface area contributed by atoms with Crippen molar-refractivity contribution in [1.29, 1.82) is 0 Å². The van der Waals surface area contributed by atoms with Crippen molar-refractivity contribution in [2.75, 3.05) is 63.8 Å². The van der Waals surface area contributed by atoms with Gasteiger partial charge in [-0.2, -0.15) is 0 Å². The summed E-state index contributed by atoms with van der Waals surface area (Å²) in [6.45, 7) is 5.79. The molecule has 2 aromatic carbocycles. The number of fused-ring (bicyclic) bond motifs is 1. The highest BCUT2D eigenvalue weighted by molar-refractivity contribution is 5.73. The quantitative estimate of drug-likeness (QED) is 0.370. The highest BCUT2D eigenvalue weighted by Crippen LogP contribution is 2.34. The molecule has 1 N–H and O–H groups in total. The first-order valence-corrected chi connectivity index (χ1v) is 13.3. The molecule has 10 heteroatoms. The van der Waals surface area contributed by atoms with Crippen LogP contribution < -0.4 is 19.7 Å². The molecule has 2 aliphatic heterocycles. The van der Waals surface area contributed by atoms with Crippen molar-refractivity contribution >= 4 is 22.8 Å². The van der Waals surface area contributed by atoms with Gasteiger partial charge in [0.1, 0.15) is 17.3 Å². The number of piperidine rings is 1. The predicted octanol–water partition coefficient (Wildman–Crippen LogP) is 4.60. The van der Waals surface area contributed by atoms with Gasteiger partial charge in [-0.05, 0) is 49.2 Å². The maximum Gasteiger partial charge on any atom is 0.245 e. The van der Waals surface area contributed by atoms with E-state index in [9.17, 15) is 4.39 Å². The van der Waals surface area contributed by atoms with Crippen LogP contribution in [0.25, 0.3) is 16.8 Å². The standard InChI is InChI=1S/C29H33FN6O3/c1-37-27-17-20(30)3-6-24(27)26-8-5-23-19-31-29(33-36(23)26)32-25-7-4-22(18-28(25)38-2)34-11-9-21(10-12-34)35-13-15-39-16-14-35/h3-8,17-19,21H,9-16H2,1-2H3,(H,32,33). The summed E-state index contributed by atoms with van der Waals surface area (Å²) in [7, 11) is 3.20. The lowest BCUT2D eigenvalue weighted by atomic mass is 10.0. The second-order valence-corrected chi connectivity index (χ2v) is 9.86. The van der Waals surface area contributed by atoms with Crippen molar-refractivity contribution in [3.8, 4) is 22.8 Å². The summed E-state index contributed by atoms with van der Waals surface area (Å²) >= 11 is 0. The van der Waals surface area contributed by atoms with Gasteiger partial charge in [0.05, 0.1) is 50.5 Å². The fraction of sp³-hybridized carbons (Fsp3) is 0.379. The number of methoxy groups -OCH3 is 2. The zero-order chi connectivity index (χ0) is 26.8. The number of rotatable bonds is 7. The Hall–Kier alpha value is -3.89. The SMILES string of the molecule is COc1cc(N2CCC(N3CCOCC3)CC2)ccc1Nc1ncc2ccc(-c3ccc(F)cc3OC)n2n1. The molecule has 2 aromatic heterocycles. The van der Waals surface area contributed by atoms with Gasteiger partial charge < -0.3 is 24.4 Å². The molecule has 204 valence electrons. The van der Waals surface area contributed by atoms with Gasteiger partial charge in [0.2, 0.25) is 5.95 Å². The normalized spacial score (nSPS) is 16.9. The molecule has 2 aliphatic rings. The van der Waals surface area contributed by atoms with Gasteiger partial charge in [0.15, 0.2) is 0 Å². The van der Waals surface area contributed by atoms with Crippen LogP contribution in [0.5, 0.6) is 11.5 Å². The number of anilines is 3. The van der Waals surface area contributed by atoms with E-state index in [1.807, 2.05) is 18.2 Å². The lowest BCUT2D eigenvalue weighted by molar-refractivity contribution is 0.0115. The van der Waals surface area contributed by atoms with E-state index in [1.165, 1.54) is 19.2 Å². The molecule has 0 unspecified atom stereocenters. The van der Waals surface area contributed by atoms with Crippen molar-refractivity contribution in [3.05, 3.63) is 60.5 Å². The Labute approximate surface area is 227 Å². The third kappa shape index (κ3) is 5.22. The summed E-state index contributed by atoms with van der Waals surface area (Å²) in [5.74, 6) is 1.22. The minimum Gasteiger partial charge on any atom is -0.496 e. The van der Waals surface area contributed by atoms with E-state index in [1.54, 1.807) is 23.9 Å². The van der Waals surface area contributed by atoms with Crippen LogP contribution in [0.3, 0.4) is 0 Å². The van der Waals surface area contributed by atoms with Gasteiger partial charge >= 0.3 is 0 Å². The number of morpholine rings is 1. The molecule has 9 nitrogen and oxygen atoms in total. The molecule has 0 spiro atoms. The van der Waals surface area contributed by atoms with Crippen LogP contribution in [-0.2, 0) is 4.74 Å². The predicted molar refractivity (Wildman–Crippen MR) is 149 cm³/mol. The van der Waals surface area contributed by atoms with E-state index in [2.05, 4.69) is 32.2 Å². The molecule has 0 bridgehead atoms. The van der Waals surface area contributed by atoms with Crippen LogP contribution in [0.15, 0.2) is 54.7 Å². The Morgan fingerprint density at radius 2 is 1.72 bits per heavy atom. The Kier molecular flexibility index (Phi) is 7.21. The second kappa shape index (κ2) is 11.1. The van der Waals surface area contributed by atoms with Crippen molar-refractivity contribution in [1.82, 2.24) is 19.5 Å². The average molecular weight is 533 g/mol. The summed E-state index contributed by atoms with van der Waals surface area (Å²) in [6, 6.07) is 15.1. The minimum atomic E-state index is -0.356. The summed E-state index contributed by atoms with van der Waals surface area (Å²) in [6.07, 6.45) is 4.04. The third-order valence-electron chi connectivity index (χ3n) is 7.66. The van der Waals surface area contributed by atoms with E-state index in [4.69, 9.17) is 19.3 Å². The Balaban J connectivity index is 1.20. The van der Waals surface area contributed by atoms with E-state index >= 15 is 0 Å². The topological polar surface area (TPSA) is 76.4 Å². The Morgan fingerprint density at radius 1 is 0.923 bits per heavy atom. The molecule has 0 saturated carbocycles. The Morgan fingerprint density at radius 3 is 2.49 bits per heavy atom. The number of halogens is 1. The van der Waals surface area contributed by atoms with Gasteiger partial charge in [0.25, 0.3) is 0 Å². The lowest BCUT2D eigenvalue weighted by Crippen LogP contribution is -2.49. The zero-order valence-electron chi connectivity index (χ0n) is 22.3. The van der Waals surface area contributed by atoms with Crippen LogP contribution in [0, 0.1) is 5.82 Å². The fourth-order valence-electron chi connectivity index (χ4n) is 5.57. The van der Waals surface area contributed by atoms with Crippen LogP contribution in [0.4, 0.5) is 21.7 Å². The molecule has 39 heavy (non-hydrogen) atoms. The zero-order valence-corrected chi connectivity index (χ0v) is 22.3. The second-order valence-electron chi connectivity index (χ2n) is 9.86. The molecule has 4 heterocycles. The average Bonchev–Trinajstić information content (AvgIpc) is 3.41. The van der Waals surface area contributed by atoms with Crippen molar-refractivity contribution < 1.29 is 18.6 Å². The van der Waals surface area contributed by atoms with E-state index in [0.29, 0.717) is 17.7 Å². The van der Waals surface area contributed by atoms with Crippen LogP contribution >= 0.6 is 0 Å². The van der Waals surface area contributed by atoms with E-state index in [-0.39, 0.29) is 5.82 Å². The molecule has 2 fully saturated rings. The van der Waals surface area contributed by atoms with Crippen molar-refractivity contribution in [2.45, 2.75) is 18.9 Å². The summed E-state index contributed by atoms with van der Waals surface area (Å²) in [5.41, 5.74) is 4.24. The summed E-state index contributed by atoms with van der Waals surface area (Å²) in [5, 5.41) is 8.02. The van der Waals surface area contributed by atoms with E-state index in [0.717, 1.165) is 86.1 Å². The first kappa shape index (κ1) is 25.4. The number of benzene rings is 2. The first-order chi connectivity index (χ1) is 19.1. The maximum atomic E-state index is 13.8. The first-order valence-electron chi connectivity index (χ1n) is 13.3. The number of hydrogen-bond acceptors (Lipinski definition) is 8. The monoisotopic (exact) mass is 532 g/mol. The molecule has 6 rings (SSSR count). The minimum absolute atomic E-state index is 0.356. The number of nitrogens with zero attached hydrogens (tertiary/aromatic N) is 5. The van der Waals surface area contributed by atoms with Crippen molar-refractivity contribution in [3.63, 3.8) is 0 Å². The van der Waals surface area contributed by atoms with Gasteiger partial charge in [0, 0.05) is 55.6 Å². The van der Waals surface area contributed by atoms with E-state index < -0.39 is 0 Å². The third-order valence-corrected chi connectivity index (χ3v) is 7.66. The van der Waals surface area contributed by atoms with Crippen LogP contribution in [-0.4, -0.2) is 79.2 Å². The smallest absolute Gasteiger partial charge is 0.245 e. The number of hydrogen-bond donors (Lipinski definition) is 1. The molecular weight excluding hydrogens is 499 g/mol. The maximum absolute atomic E-state index is 13.8. The number of nitrogens with one attached hydrogen (secondary N) is 1. The highest BCUT2D eigenvalue weighted by atomic mass is 19.1. The highest BCUT2D eigenvalue weighted by Gasteiger charge is 2.26. The molecule has 0 atom stereocenters. The van der Waals surface area contributed by atoms with Gasteiger partial charge in [-0.25, -0.2) is 13.9 Å². The van der Waals surface area contributed by atoms with Crippen LogP contribution in [0.1, 0.15) is 12.8 Å². The molecule has 0 amide bonds. The molecule has 0 radical (unpaired) electrons. The molecule has 0 aliphatic carbocycles. The number of ether oxygens (including phenoxy) is 3. The number of aromatic nitrogens is 3. The summed E-state index contributed by atoms with van der Waals surface area (Å²) in [4.78, 5) is 9.49. The fourth-order valence-corrected chi connectivity index (χ4v) is 5.57.